The molecule has 0 N–H and O–H groups in total. The first kappa shape index (κ1) is 18.9. The van der Waals surface area contributed by atoms with Gasteiger partial charge in [0, 0.05) is 34.4 Å². The number of rotatable bonds is 4. The highest BCUT2D eigenvalue weighted by atomic mass is 16.5. The minimum absolute atomic E-state index is 0.343. The third-order valence-electron chi connectivity index (χ3n) is 4.82. The van der Waals surface area contributed by atoms with Gasteiger partial charge in [-0.3, -0.25) is 4.79 Å². The maximum Gasteiger partial charge on any atom is 0.338 e. The summed E-state index contributed by atoms with van der Waals surface area (Å²) in [6.07, 6.45) is 4.40. The maximum absolute atomic E-state index is 12.3. The van der Waals surface area contributed by atoms with Crippen LogP contribution < -0.4 is 9.47 Å². The van der Waals surface area contributed by atoms with Crippen molar-refractivity contribution in [1.29, 1.82) is 0 Å². The van der Waals surface area contributed by atoms with Gasteiger partial charge in [-0.1, -0.05) is 42.8 Å². The summed E-state index contributed by atoms with van der Waals surface area (Å²) < 4.78 is 11.4. The second-order valence-electron chi connectivity index (χ2n) is 7.02. The highest BCUT2D eigenvalue weighted by Crippen LogP contribution is 2.45. The van der Waals surface area contributed by atoms with E-state index >= 15 is 0 Å². The van der Waals surface area contributed by atoms with Gasteiger partial charge in [-0.25, -0.2) is 4.79 Å². The molecule has 27 heavy (non-hydrogen) atoms. The van der Waals surface area contributed by atoms with E-state index in [0.29, 0.717) is 29.9 Å². The molecular weight excluding hydrogens is 340 g/mol. The fraction of sp³-hybridized carbons (Fsp3) is 0.304. The van der Waals surface area contributed by atoms with Gasteiger partial charge in [0.15, 0.2) is 0 Å². The Morgan fingerprint density at radius 2 is 1.78 bits per heavy atom. The summed E-state index contributed by atoms with van der Waals surface area (Å²) in [7, 11) is 0. The summed E-state index contributed by atoms with van der Waals surface area (Å²) in [5.41, 5.74) is 4.47. The van der Waals surface area contributed by atoms with Crippen LogP contribution in [0.3, 0.4) is 0 Å². The molecule has 0 spiro atoms. The molecule has 0 heterocycles. The van der Waals surface area contributed by atoms with Crippen molar-refractivity contribution in [2.24, 2.45) is 0 Å². The topological polar surface area (TPSA) is 52.6 Å². The molecule has 0 aliphatic heterocycles. The van der Waals surface area contributed by atoms with Gasteiger partial charge in [-0.05, 0) is 39.2 Å². The largest absolute Gasteiger partial charge is 0.426 e. The second kappa shape index (κ2) is 7.39. The molecule has 2 aromatic rings. The van der Waals surface area contributed by atoms with Crippen LogP contribution in [0.4, 0.5) is 0 Å². The predicted octanol–water partition coefficient (Wildman–Crippen LogP) is 4.99. The van der Waals surface area contributed by atoms with Gasteiger partial charge in [0.2, 0.25) is 0 Å². The Kier molecular flexibility index (Phi) is 5.17. The van der Waals surface area contributed by atoms with Crippen LogP contribution in [-0.4, -0.2) is 11.9 Å². The zero-order valence-corrected chi connectivity index (χ0v) is 16.3. The molecule has 1 aliphatic rings. The van der Waals surface area contributed by atoms with Crippen LogP contribution in [0.15, 0.2) is 42.0 Å². The number of esters is 2. The van der Waals surface area contributed by atoms with Gasteiger partial charge in [0.05, 0.1) is 0 Å². The molecule has 4 nitrogen and oxygen atoms in total. The van der Waals surface area contributed by atoms with Crippen LogP contribution in [0.25, 0.3) is 10.8 Å². The molecule has 0 aromatic heterocycles. The third-order valence-corrected chi connectivity index (χ3v) is 4.82. The molecule has 0 bridgehead atoms. The fourth-order valence-electron chi connectivity index (χ4n) is 3.42. The summed E-state index contributed by atoms with van der Waals surface area (Å²) >= 11 is 0. The van der Waals surface area contributed by atoms with E-state index in [1.54, 1.807) is 6.92 Å². The van der Waals surface area contributed by atoms with E-state index in [4.69, 9.17) is 9.47 Å². The fourth-order valence-corrected chi connectivity index (χ4v) is 3.42. The summed E-state index contributed by atoms with van der Waals surface area (Å²) in [6.45, 7) is 10.8. The molecule has 3 rings (SSSR count). The van der Waals surface area contributed by atoms with Crippen LogP contribution in [-0.2, 0) is 22.4 Å². The molecule has 0 saturated heterocycles. The van der Waals surface area contributed by atoms with E-state index in [9.17, 15) is 9.59 Å². The van der Waals surface area contributed by atoms with Crippen molar-refractivity contribution in [2.45, 2.75) is 47.0 Å². The van der Waals surface area contributed by atoms with Crippen LogP contribution in [0.1, 0.15) is 43.9 Å². The summed E-state index contributed by atoms with van der Waals surface area (Å²) in [4.78, 5) is 24.1. The van der Waals surface area contributed by atoms with E-state index in [1.165, 1.54) is 12.5 Å². The van der Waals surface area contributed by atoms with Gasteiger partial charge < -0.3 is 9.47 Å². The normalized spacial score (nSPS) is 13.0. The Bertz CT molecular complexity index is 995. The quantitative estimate of drug-likeness (QED) is 0.332. The number of allylic oxidation sites excluding steroid dienone is 2. The lowest BCUT2D eigenvalue weighted by molar-refractivity contribution is -0.132. The van der Waals surface area contributed by atoms with Crippen LogP contribution in [0, 0.1) is 6.92 Å². The summed E-state index contributed by atoms with van der Waals surface area (Å²) in [5, 5.41) is 1.55. The highest BCUT2D eigenvalue weighted by Gasteiger charge is 2.26. The lowest BCUT2D eigenvalue weighted by atomic mass is 9.86. The zero-order valence-electron chi connectivity index (χ0n) is 16.3. The Hall–Kier alpha value is -2.88. The first-order valence-electron chi connectivity index (χ1n) is 9.13. The van der Waals surface area contributed by atoms with E-state index in [-0.39, 0.29) is 5.97 Å². The molecule has 140 valence electrons. The Morgan fingerprint density at radius 3 is 2.41 bits per heavy atom. The summed E-state index contributed by atoms with van der Waals surface area (Å²) in [6, 6.07) is 5.84. The van der Waals surface area contributed by atoms with E-state index < -0.39 is 5.97 Å². The van der Waals surface area contributed by atoms with E-state index in [2.05, 4.69) is 19.6 Å². The Balaban J connectivity index is 2.34. The SMILES string of the molecule is C=C(C)C(=O)Oc1c2c(c(OC(C)=O)c3cc(C)ccc13)CC=C(CC)C2. The minimum atomic E-state index is -0.452. The number of carbonyl (C=O) groups excluding carboxylic acids is 2. The number of fused-ring (bicyclic) bond motifs is 2. The second-order valence-corrected chi connectivity index (χ2v) is 7.02. The molecule has 0 saturated carbocycles. The number of aryl methyl sites for hydroxylation is 1. The van der Waals surface area contributed by atoms with Crippen LogP contribution in [0.5, 0.6) is 11.5 Å². The van der Waals surface area contributed by atoms with E-state index in [1.807, 2.05) is 25.1 Å². The number of hydrogen-bond acceptors (Lipinski definition) is 4. The molecule has 0 radical (unpaired) electrons. The summed E-state index contributed by atoms with van der Waals surface area (Å²) in [5.74, 6) is 0.296. The molecular formula is C23H24O4. The number of hydrogen-bond donors (Lipinski definition) is 0. The first-order valence-corrected chi connectivity index (χ1v) is 9.13. The average Bonchev–Trinajstić information content (AvgIpc) is 2.63. The third kappa shape index (κ3) is 3.65. The van der Waals surface area contributed by atoms with Crippen LogP contribution in [0.2, 0.25) is 0 Å². The Morgan fingerprint density at radius 1 is 1.07 bits per heavy atom. The standard InChI is InChI=1S/C23H24O4/c1-6-16-8-10-18-20(12-16)22(27-23(25)13(2)3)17-9-7-14(4)11-19(17)21(18)26-15(5)24/h7-9,11H,2,6,10,12H2,1,3-5H3. The maximum atomic E-state index is 12.3. The lowest BCUT2D eigenvalue weighted by Gasteiger charge is -2.24. The molecule has 0 fully saturated rings. The van der Waals surface area contributed by atoms with E-state index in [0.717, 1.165) is 33.9 Å². The molecule has 0 atom stereocenters. The van der Waals surface area contributed by atoms with Gasteiger partial charge in [-0.15, -0.1) is 0 Å². The molecule has 0 unspecified atom stereocenters. The van der Waals surface area contributed by atoms with Crippen molar-refractivity contribution in [3.8, 4) is 11.5 Å². The zero-order chi connectivity index (χ0) is 19.7. The van der Waals surface area contributed by atoms with Crippen molar-refractivity contribution in [3.63, 3.8) is 0 Å². The number of ether oxygens (including phenoxy) is 2. The van der Waals surface area contributed by atoms with Gasteiger partial charge >= 0.3 is 11.9 Å². The van der Waals surface area contributed by atoms with Crippen molar-refractivity contribution >= 4 is 22.7 Å². The smallest absolute Gasteiger partial charge is 0.338 e. The van der Waals surface area contributed by atoms with Gasteiger partial charge in [0.25, 0.3) is 0 Å². The minimum Gasteiger partial charge on any atom is -0.426 e. The average molecular weight is 364 g/mol. The first-order chi connectivity index (χ1) is 12.8. The van der Waals surface area contributed by atoms with Gasteiger partial charge in [0.1, 0.15) is 11.5 Å². The van der Waals surface area contributed by atoms with Crippen LogP contribution >= 0.6 is 0 Å². The lowest BCUT2D eigenvalue weighted by Crippen LogP contribution is -2.15. The van der Waals surface area contributed by atoms with Crippen molar-refractivity contribution in [2.75, 3.05) is 0 Å². The van der Waals surface area contributed by atoms with Crippen molar-refractivity contribution < 1.29 is 19.1 Å². The van der Waals surface area contributed by atoms with Crippen molar-refractivity contribution in [1.82, 2.24) is 0 Å². The Labute approximate surface area is 159 Å². The number of benzene rings is 2. The molecule has 1 aliphatic carbocycles. The van der Waals surface area contributed by atoms with Gasteiger partial charge in [-0.2, -0.15) is 0 Å². The molecule has 2 aromatic carbocycles. The molecule has 4 heteroatoms. The van der Waals surface area contributed by atoms with Crippen molar-refractivity contribution in [3.05, 3.63) is 58.7 Å². The number of carbonyl (C=O) groups is 2. The predicted molar refractivity (Wildman–Crippen MR) is 106 cm³/mol. The molecule has 0 amide bonds. The highest BCUT2D eigenvalue weighted by molar-refractivity contribution is 6.00. The monoisotopic (exact) mass is 364 g/mol.